The van der Waals surface area contributed by atoms with E-state index < -0.39 is 11.5 Å². The van der Waals surface area contributed by atoms with Gasteiger partial charge in [0.1, 0.15) is 17.3 Å². The number of ether oxygens (including phenoxy) is 2. The van der Waals surface area contributed by atoms with Gasteiger partial charge in [-0.1, -0.05) is 6.07 Å². The molecule has 20 heavy (non-hydrogen) atoms. The predicted octanol–water partition coefficient (Wildman–Crippen LogP) is 2.95. The Morgan fingerprint density at radius 2 is 2.35 bits per heavy atom. The molecule has 1 aromatic rings. The van der Waals surface area contributed by atoms with Gasteiger partial charge >= 0.3 is 0 Å². The molecule has 2 aliphatic heterocycles. The van der Waals surface area contributed by atoms with Gasteiger partial charge in [-0.25, -0.2) is 0 Å². The Balaban J connectivity index is 1.94. The Morgan fingerprint density at radius 1 is 1.55 bits per heavy atom. The SMILES string of the molecule is COc1ccc(C(O)C2(C#N)CC3CCC2O3)cc1Br. The van der Waals surface area contributed by atoms with E-state index in [4.69, 9.17) is 9.47 Å². The van der Waals surface area contributed by atoms with Crippen LogP contribution in [0, 0.1) is 16.7 Å². The number of aliphatic hydroxyl groups is 1. The fraction of sp³-hybridized carbons (Fsp3) is 0.533. The molecule has 0 spiro atoms. The van der Waals surface area contributed by atoms with E-state index in [0.717, 1.165) is 22.9 Å². The standard InChI is InChI=1S/C15H16BrNO3/c1-19-12-4-2-9(6-11(12)16)14(18)15(8-17)7-10-3-5-13(15)20-10/h2,4,6,10,13-14,18H,3,5,7H2,1H3. The highest BCUT2D eigenvalue weighted by Crippen LogP contribution is 2.54. The Kier molecular flexibility index (Phi) is 3.49. The molecule has 1 aromatic carbocycles. The van der Waals surface area contributed by atoms with Gasteiger partial charge in [0.15, 0.2) is 0 Å². The summed E-state index contributed by atoms with van der Waals surface area (Å²) in [5.74, 6) is 0.705. The Labute approximate surface area is 126 Å². The second kappa shape index (κ2) is 5.03. The largest absolute Gasteiger partial charge is 0.496 e. The molecule has 2 heterocycles. The summed E-state index contributed by atoms with van der Waals surface area (Å²) in [5, 5.41) is 20.3. The summed E-state index contributed by atoms with van der Waals surface area (Å²) in [6, 6.07) is 7.75. The van der Waals surface area contributed by atoms with Gasteiger partial charge in [0, 0.05) is 0 Å². The van der Waals surface area contributed by atoms with Gasteiger partial charge in [-0.05, 0) is 52.9 Å². The van der Waals surface area contributed by atoms with Crippen molar-refractivity contribution in [1.29, 1.82) is 5.26 Å². The second-order valence-corrected chi connectivity index (χ2v) is 6.33. The number of hydrogen-bond acceptors (Lipinski definition) is 4. The van der Waals surface area contributed by atoms with Crippen molar-refractivity contribution in [3.8, 4) is 11.8 Å². The summed E-state index contributed by atoms with van der Waals surface area (Å²) in [6.45, 7) is 0. The van der Waals surface area contributed by atoms with Crippen LogP contribution >= 0.6 is 15.9 Å². The van der Waals surface area contributed by atoms with Gasteiger partial charge in [0.25, 0.3) is 0 Å². The number of rotatable bonds is 3. The lowest BCUT2D eigenvalue weighted by Crippen LogP contribution is -2.37. The maximum atomic E-state index is 10.7. The number of fused-ring (bicyclic) bond motifs is 2. The van der Waals surface area contributed by atoms with Gasteiger partial charge < -0.3 is 14.6 Å². The second-order valence-electron chi connectivity index (χ2n) is 5.48. The van der Waals surface area contributed by atoms with E-state index in [0.29, 0.717) is 12.2 Å². The normalized spacial score (nSPS) is 32.9. The maximum Gasteiger partial charge on any atom is 0.133 e. The number of nitriles is 1. The van der Waals surface area contributed by atoms with Crippen LogP contribution in [0.25, 0.3) is 0 Å². The third-order valence-electron chi connectivity index (χ3n) is 4.44. The Hall–Kier alpha value is -1.09. The molecule has 0 aromatic heterocycles. The van der Waals surface area contributed by atoms with Crippen molar-refractivity contribution in [2.45, 2.75) is 37.6 Å². The summed E-state index contributed by atoms with van der Waals surface area (Å²) >= 11 is 3.41. The number of benzene rings is 1. The van der Waals surface area contributed by atoms with Crippen LogP contribution in [0.1, 0.15) is 30.9 Å². The first-order chi connectivity index (χ1) is 9.60. The molecule has 0 amide bonds. The molecule has 3 rings (SSSR count). The summed E-state index contributed by atoms with van der Waals surface area (Å²) < 4.78 is 11.7. The van der Waals surface area contributed by atoms with Crippen LogP contribution in [-0.2, 0) is 4.74 Å². The molecule has 0 radical (unpaired) electrons. The smallest absolute Gasteiger partial charge is 0.133 e. The topological polar surface area (TPSA) is 62.5 Å². The third kappa shape index (κ3) is 1.95. The molecular weight excluding hydrogens is 322 g/mol. The monoisotopic (exact) mass is 337 g/mol. The van der Waals surface area contributed by atoms with Crippen molar-refractivity contribution < 1.29 is 14.6 Å². The number of methoxy groups -OCH3 is 1. The molecule has 4 nitrogen and oxygen atoms in total. The quantitative estimate of drug-likeness (QED) is 0.920. The highest BCUT2D eigenvalue weighted by atomic mass is 79.9. The van der Waals surface area contributed by atoms with E-state index in [2.05, 4.69) is 22.0 Å². The van der Waals surface area contributed by atoms with Crippen molar-refractivity contribution in [3.05, 3.63) is 28.2 Å². The maximum absolute atomic E-state index is 10.7. The van der Waals surface area contributed by atoms with E-state index >= 15 is 0 Å². The van der Waals surface area contributed by atoms with E-state index in [9.17, 15) is 10.4 Å². The van der Waals surface area contributed by atoms with E-state index in [1.165, 1.54) is 0 Å². The lowest BCUT2D eigenvalue weighted by atomic mass is 9.69. The summed E-state index contributed by atoms with van der Waals surface area (Å²) in [4.78, 5) is 0. The molecule has 1 N–H and O–H groups in total. The van der Waals surface area contributed by atoms with E-state index in [1.54, 1.807) is 19.2 Å². The van der Waals surface area contributed by atoms with Crippen molar-refractivity contribution in [2.24, 2.45) is 5.41 Å². The summed E-state index contributed by atoms with van der Waals surface area (Å²) in [5.41, 5.74) is -0.105. The van der Waals surface area contributed by atoms with Crippen LogP contribution in [0.2, 0.25) is 0 Å². The van der Waals surface area contributed by atoms with Crippen molar-refractivity contribution in [3.63, 3.8) is 0 Å². The van der Waals surface area contributed by atoms with Crippen molar-refractivity contribution in [1.82, 2.24) is 0 Å². The molecule has 4 atom stereocenters. The molecule has 2 fully saturated rings. The number of aliphatic hydroxyl groups excluding tert-OH is 1. The zero-order valence-corrected chi connectivity index (χ0v) is 12.8. The fourth-order valence-corrected chi connectivity index (χ4v) is 3.92. The molecule has 2 aliphatic rings. The average molecular weight is 338 g/mol. The number of hydrogen-bond donors (Lipinski definition) is 1. The van der Waals surface area contributed by atoms with Crippen LogP contribution in [0.5, 0.6) is 5.75 Å². The molecule has 106 valence electrons. The zero-order valence-electron chi connectivity index (χ0n) is 11.2. The molecule has 2 bridgehead atoms. The van der Waals surface area contributed by atoms with Gasteiger partial charge in [-0.2, -0.15) is 5.26 Å². The van der Waals surface area contributed by atoms with Gasteiger partial charge in [0.05, 0.1) is 29.9 Å². The first-order valence-corrected chi connectivity index (χ1v) is 7.48. The van der Waals surface area contributed by atoms with Crippen LogP contribution in [-0.4, -0.2) is 24.4 Å². The summed E-state index contributed by atoms with van der Waals surface area (Å²) in [6.07, 6.45) is 1.58. The van der Waals surface area contributed by atoms with Gasteiger partial charge in [-0.3, -0.25) is 0 Å². The van der Waals surface area contributed by atoms with Crippen molar-refractivity contribution >= 4 is 15.9 Å². The lowest BCUT2D eigenvalue weighted by Gasteiger charge is -2.33. The van der Waals surface area contributed by atoms with Crippen molar-refractivity contribution in [2.75, 3.05) is 7.11 Å². The van der Waals surface area contributed by atoms with Crippen LogP contribution in [0.4, 0.5) is 0 Å². The predicted molar refractivity (Wildman–Crippen MR) is 76.2 cm³/mol. The van der Waals surface area contributed by atoms with Crippen LogP contribution < -0.4 is 4.74 Å². The average Bonchev–Trinajstić information content (AvgIpc) is 3.07. The minimum absolute atomic E-state index is 0.121. The highest BCUT2D eigenvalue weighted by molar-refractivity contribution is 9.10. The lowest BCUT2D eigenvalue weighted by molar-refractivity contribution is 0.00337. The molecule has 5 heteroatoms. The van der Waals surface area contributed by atoms with Crippen LogP contribution in [0.15, 0.2) is 22.7 Å². The molecule has 0 aliphatic carbocycles. The van der Waals surface area contributed by atoms with E-state index in [1.807, 2.05) is 6.07 Å². The van der Waals surface area contributed by atoms with Gasteiger partial charge in [0.2, 0.25) is 0 Å². The Bertz CT molecular complexity index is 571. The minimum Gasteiger partial charge on any atom is -0.496 e. The number of halogens is 1. The molecule has 2 saturated heterocycles. The van der Waals surface area contributed by atoms with Crippen LogP contribution in [0.3, 0.4) is 0 Å². The molecule has 4 unspecified atom stereocenters. The number of nitrogens with zero attached hydrogens (tertiary/aromatic N) is 1. The Morgan fingerprint density at radius 3 is 2.85 bits per heavy atom. The summed E-state index contributed by atoms with van der Waals surface area (Å²) in [7, 11) is 1.59. The highest BCUT2D eigenvalue weighted by Gasteiger charge is 2.57. The third-order valence-corrected chi connectivity index (χ3v) is 5.05. The van der Waals surface area contributed by atoms with E-state index in [-0.39, 0.29) is 12.2 Å². The minimum atomic E-state index is -0.843. The molecule has 0 saturated carbocycles. The van der Waals surface area contributed by atoms with Gasteiger partial charge in [-0.15, -0.1) is 0 Å². The first-order valence-electron chi connectivity index (χ1n) is 6.69. The zero-order chi connectivity index (χ0) is 14.3. The first kappa shape index (κ1) is 13.9. The molecular formula is C15H16BrNO3. The fourth-order valence-electron chi connectivity index (χ4n) is 3.36.